The number of H-pyrrole nitrogens is 1. The van der Waals surface area contributed by atoms with E-state index in [2.05, 4.69) is 20.5 Å². The van der Waals surface area contributed by atoms with Gasteiger partial charge in [-0.1, -0.05) is 11.6 Å². The Morgan fingerprint density at radius 2 is 2.27 bits per heavy atom. The van der Waals surface area contributed by atoms with Crippen LogP contribution in [0, 0.1) is 0 Å². The van der Waals surface area contributed by atoms with Crippen molar-refractivity contribution in [1.29, 1.82) is 0 Å². The Morgan fingerprint density at radius 3 is 2.87 bits per heavy atom. The number of rotatable bonds is 3. The van der Waals surface area contributed by atoms with E-state index in [1.165, 1.54) is 0 Å². The van der Waals surface area contributed by atoms with Crippen molar-refractivity contribution < 1.29 is 0 Å². The van der Waals surface area contributed by atoms with Gasteiger partial charge in [0.15, 0.2) is 0 Å². The lowest BCUT2D eigenvalue weighted by atomic mass is 10.3. The van der Waals surface area contributed by atoms with Gasteiger partial charge in [-0.15, -0.1) is 0 Å². The molecule has 0 aromatic carbocycles. The Labute approximate surface area is 91.7 Å². The summed E-state index contributed by atoms with van der Waals surface area (Å²) in [5.41, 5.74) is 6.54. The minimum absolute atomic E-state index is 0.566. The lowest BCUT2D eigenvalue weighted by Gasteiger charge is -2.03. The van der Waals surface area contributed by atoms with Crippen molar-refractivity contribution in [3.63, 3.8) is 0 Å². The van der Waals surface area contributed by atoms with Crippen molar-refractivity contribution in [2.24, 2.45) is 0 Å². The fraction of sp³-hybridized carbons (Fsp3) is 0.111. The summed E-state index contributed by atoms with van der Waals surface area (Å²) in [6, 6.07) is 3.58. The van der Waals surface area contributed by atoms with Gasteiger partial charge >= 0.3 is 0 Å². The molecule has 0 aliphatic carbocycles. The van der Waals surface area contributed by atoms with Gasteiger partial charge in [0.1, 0.15) is 11.6 Å². The molecule has 15 heavy (non-hydrogen) atoms. The number of nitrogens with zero attached hydrogens (tertiary/aromatic N) is 2. The van der Waals surface area contributed by atoms with Gasteiger partial charge in [-0.3, -0.25) is 5.10 Å². The molecule has 0 bridgehead atoms. The second-order valence-electron chi connectivity index (χ2n) is 3.02. The van der Waals surface area contributed by atoms with Gasteiger partial charge in [0.2, 0.25) is 0 Å². The van der Waals surface area contributed by atoms with Crippen LogP contribution in [-0.2, 0) is 6.54 Å². The number of halogens is 1. The fourth-order valence-electron chi connectivity index (χ4n) is 1.13. The molecule has 0 saturated carbocycles. The van der Waals surface area contributed by atoms with Gasteiger partial charge in [0, 0.05) is 18.3 Å². The zero-order valence-corrected chi connectivity index (χ0v) is 8.62. The highest BCUT2D eigenvalue weighted by Crippen LogP contribution is 2.12. The highest BCUT2D eigenvalue weighted by atomic mass is 35.5. The molecule has 0 radical (unpaired) electrons. The van der Waals surface area contributed by atoms with Crippen molar-refractivity contribution in [3.05, 3.63) is 35.1 Å². The predicted octanol–water partition coefficient (Wildman–Crippen LogP) is 1.65. The molecule has 5 nitrogen and oxygen atoms in total. The summed E-state index contributed by atoms with van der Waals surface area (Å²) in [7, 11) is 0. The van der Waals surface area contributed by atoms with Gasteiger partial charge in [0.25, 0.3) is 0 Å². The summed E-state index contributed by atoms with van der Waals surface area (Å²) in [5, 5.41) is 10.2. The molecule has 0 unspecified atom stereocenters. The van der Waals surface area contributed by atoms with Gasteiger partial charge in [0.05, 0.1) is 11.2 Å². The van der Waals surface area contributed by atoms with E-state index < -0.39 is 0 Å². The van der Waals surface area contributed by atoms with Crippen molar-refractivity contribution in [3.8, 4) is 0 Å². The van der Waals surface area contributed by atoms with E-state index in [4.69, 9.17) is 17.3 Å². The van der Waals surface area contributed by atoms with Gasteiger partial charge in [-0.05, 0) is 12.1 Å². The zero-order valence-electron chi connectivity index (χ0n) is 7.87. The molecule has 0 atom stereocenters. The van der Waals surface area contributed by atoms with Crippen LogP contribution in [0.4, 0.5) is 11.6 Å². The number of aromatic amines is 1. The molecule has 0 fully saturated rings. The van der Waals surface area contributed by atoms with Crippen LogP contribution in [0.3, 0.4) is 0 Å². The molecule has 2 aromatic rings. The van der Waals surface area contributed by atoms with Gasteiger partial charge in [-0.2, -0.15) is 5.10 Å². The Morgan fingerprint density at radius 1 is 1.40 bits per heavy atom. The molecule has 78 valence electrons. The number of nitrogen functional groups attached to an aromatic ring is 1. The minimum Gasteiger partial charge on any atom is -0.384 e. The molecule has 0 saturated heterocycles. The molecular formula is C9H10ClN5. The fourth-order valence-corrected chi connectivity index (χ4v) is 1.24. The topological polar surface area (TPSA) is 79.6 Å². The molecule has 6 heteroatoms. The molecule has 2 rings (SSSR count). The number of pyridine rings is 1. The number of nitrogens with one attached hydrogen (secondary N) is 2. The van der Waals surface area contributed by atoms with Crippen molar-refractivity contribution in [1.82, 2.24) is 15.2 Å². The summed E-state index contributed by atoms with van der Waals surface area (Å²) >= 11 is 5.71. The molecule has 0 amide bonds. The SMILES string of the molecule is Nc1[nH]ncc1CNc1ccc(Cl)cn1. The average molecular weight is 224 g/mol. The third-order valence-corrected chi connectivity index (χ3v) is 2.16. The van der Waals surface area contributed by atoms with Crippen LogP contribution in [0.5, 0.6) is 0 Å². The monoisotopic (exact) mass is 223 g/mol. The third kappa shape index (κ3) is 2.38. The van der Waals surface area contributed by atoms with Crippen molar-refractivity contribution in [2.75, 3.05) is 11.1 Å². The quantitative estimate of drug-likeness (QED) is 0.739. The largest absolute Gasteiger partial charge is 0.384 e. The number of anilines is 2. The molecule has 0 spiro atoms. The number of aromatic nitrogens is 3. The Balaban J connectivity index is 1.99. The lowest BCUT2D eigenvalue weighted by molar-refractivity contribution is 1.10. The van der Waals surface area contributed by atoms with E-state index in [0.717, 1.165) is 11.4 Å². The van der Waals surface area contributed by atoms with Crippen molar-refractivity contribution >= 4 is 23.2 Å². The Kier molecular flexibility index (Phi) is 2.73. The maximum atomic E-state index is 5.71. The van der Waals surface area contributed by atoms with E-state index in [-0.39, 0.29) is 0 Å². The highest BCUT2D eigenvalue weighted by molar-refractivity contribution is 6.30. The lowest BCUT2D eigenvalue weighted by Crippen LogP contribution is -2.02. The second kappa shape index (κ2) is 4.18. The van der Waals surface area contributed by atoms with Gasteiger partial charge in [-0.25, -0.2) is 4.98 Å². The first-order valence-corrected chi connectivity index (χ1v) is 4.76. The van der Waals surface area contributed by atoms with E-state index in [1.807, 2.05) is 0 Å². The van der Waals surface area contributed by atoms with E-state index in [9.17, 15) is 0 Å². The summed E-state index contributed by atoms with van der Waals surface area (Å²) in [4.78, 5) is 4.09. The molecule has 4 N–H and O–H groups in total. The van der Waals surface area contributed by atoms with Crippen LogP contribution in [0.15, 0.2) is 24.5 Å². The average Bonchev–Trinajstić information content (AvgIpc) is 2.63. The van der Waals surface area contributed by atoms with Crippen LogP contribution in [0.1, 0.15) is 5.56 Å². The maximum absolute atomic E-state index is 5.71. The summed E-state index contributed by atoms with van der Waals surface area (Å²) in [6.45, 7) is 0.580. The second-order valence-corrected chi connectivity index (χ2v) is 3.46. The first kappa shape index (κ1) is 9.79. The van der Waals surface area contributed by atoms with E-state index in [0.29, 0.717) is 17.4 Å². The first-order chi connectivity index (χ1) is 7.25. The van der Waals surface area contributed by atoms with Crippen LogP contribution in [0.2, 0.25) is 5.02 Å². The smallest absolute Gasteiger partial charge is 0.126 e. The predicted molar refractivity (Wildman–Crippen MR) is 59.6 cm³/mol. The Bertz CT molecular complexity index is 436. The summed E-state index contributed by atoms with van der Waals surface area (Å²) in [5.74, 6) is 1.32. The molecule has 0 aliphatic rings. The third-order valence-electron chi connectivity index (χ3n) is 1.94. The molecule has 2 aromatic heterocycles. The summed E-state index contributed by atoms with van der Waals surface area (Å²) < 4.78 is 0. The highest BCUT2D eigenvalue weighted by Gasteiger charge is 2.00. The number of hydrogen-bond donors (Lipinski definition) is 3. The van der Waals surface area contributed by atoms with E-state index >= 15 is 0 Å². The molecule has 2 heterocycles. The molecular weight excluding hydrogens is 214 g/mol. The summed E-state index contributed by atoms with van der Waals surface area (Å²) in [6.07, 6.45) is 3.26. The minimum atomic E-state index is 0.566. The van der Waals surface area contributed by atoms with E-state index in [1.54, 1.807) is 24.5 Å². The Hall–Kier alpha value is -1.75. The van der Waals surface area contributed by atoms with Gasteiger partial charge < -0.3 is 11.1 Å². The normalized spacial score (nSPS) is 10.2. The molecule has 0 aliphatic heterocycles. The number of hydrogen-bond acceptors (Lipinski definition) is 4. The number of nitrogens with two attached hydrogens (primary N) is 1. The van der Waals surface area contributed by atoms with Crippen LogP contribution in [0.25, 0.3) is 0 Å². The van der Waals surface area contributed by atoms with Crippen LogP contribution >= 0.6 is 11.6 Å². The van der Waals surface area contributed by atoms with Crippen molar-refractivity contribution in [2.45, 2.75) is 6.54 Å². The zero-order chi connectivity index (χ0) is 10.7. The first-order valence-electron chi connectivity index (χ1n) is 4.39. The maximum Gasteiger partial charge on any atom is 0.126 e. The van der Waals surface area contributed by atoms with Crippen LogP contribution < -0.4 is 11.1 Å². The standard InChI is InChI=1S/C9H10ClN5/c10-7-1-2-8(13-5-7)12-3-6-4-14-15-9(6)11/h1-2,4-5H,3H2,(H,12,13)(H3,11,14,15). The van der Waals surface area contributed by atoms with Crippen LogP contribution in [-0.4, -0.2) is 15.2 Å².